The van der Waals surface area contributed by atoms with Gasteiger partial charge in [0.05, 0.1) is 10.6 Å². The molecule has 5 heteroatoms. The van der Waals surface area contributed by atoms with Gasteiger partial charge in [0, 0.05) is 17.1 Å². The first-order valence-corrected chi connectivity index (χ1v) is 7.88. The number of hydrogen-bond acceptors (Lipinski definition) is 4. The SMILES string of the molecule is CCS(=O)(=O)CCCC(=O)c1ccc(C)s1. The quantitative estimate of drug-likeness (QED) is 0.738. The fourth-order valence-electron chi connectivity index (χ4n) is 1.30. The standard InChI is InChI=1S/C11H16O3S2/c1-3-16(13,14)8-4-5-10(12)11-7-6-9(2)15-11/h6-7H,3-5,8H2,1-2H3. The molecule has 0 fully saturated rings. The maximum atomic E-state index is 11.6. The summed E-state index contributed by atoms with van der Waals surface area (Å²) in [6, 6.07) is 3.71. The molecule has 0 aliphatic carbocycles. The van der Waals surface area contributed by atoms with Gasteiger partial charge in [0.15, 0.2) is 5.78 Å². The number of Topliss-reactive ketones (excluding diaryl/α,β-unsaturated/α-hetero) is 1. The summed E-state index contributed by atoms with van der Waals surface area (Å²) >= 11 is 1.46. The summed E-state index contributed by atoms with van der Waals surface area (Å²) in [5.41, 5.74) is 0. The minimum absolute atomic E-state index is 0.0457. The number of aryl methyl sites for hydroxylation is 1. The molecule has 1 rings (SSSR count). The van der Waals surface area contributed by atoms with E-state index in [2.05, 4.69) is 0 Å². The van der Waals surface area contributed by atoms with Gasteiger partial charge in [-0.15, -0.1) is 11.3 Å². The number of rotatable bonds is 6. The summed E-state index contributed by atoms with van der Waals surface area (Å²) in [7, 11) is -2.94. The second-order valence-electron chi connectivity index (χ2n) is 3.67. The van der Waals surface area contributed by atoms with Crippen LogP contribution in [-0.2, 0) is 9.84 Å². The molecular weight excluding hydrogens is 244 g/mol. The zero-order valence-corrected chi connectivity index (χ0v) is 11.2. The van der Waals surface area contributed by atoms with Crippen molar-refractivity contribution in [2.45, 2.75) is 26.7 Å². The van der Waals surface area contributed by atoms with E-state index in [0.29, 0.717) is 12.8 Å². The summed E-state index contributed by atoms with van der Waals surface area (Å²) < 4.78 is 22.4. The van der Waals surface area contributed by atoms with E-state index in [0.717, 1.165) is 9.75 Å². The van der Waals surface area contributed by atoms with E-state index in [1.807, 2.05) is 13.0 Å². The Hall–Kier alpha value is -0.680. The Balaban J connectivity index is 2.43. The highest BCUT2D eigenvalue weighted by Crippen LogP contribution is 2.17. The van der Waals surface area contributed by atoms with E-state index in [1.54, 1.807) is 13.0 Å². The van der Waals surface area contributed by atoms with E-state index < -0.39 is 9.84 Å². The van der Waals surface area contributed by atoms with Crippen LogP contribution < -0.4 is 0 Å². The molecule has 1 aromatic heterocycles. The Bertz CT molecular complexity index is 457. The fourth-order valence-corrected chi connectivity index (χ4v) is 3.01. The number of carbonyl (C=O) groups excluding carboxylic acids is 1. The van der Waals surface area contributed by atoms with Gasteiger partial charge < -0.3 is 0 Å². The lowest BCUT2D eigenvalue weighted by atomic mass is 10.2. The van der Waals surface area contributed by atoms with E-state index in [9.17, 15) is 13.2 Å². The Kier molecular flexibility index (Phi) is 4.68. The first-order chi connectivity index (χ1) is 7.44. The van der Waals surface area contributed by atoms with Crippen LogP contribution in [0.5, 0.6) is 0 Å². The second-order valence-corrected chi connectivity index (χ2v) is 7.43. The van der Waals surface area contributed by atoms with Crippen molar-refractivity contribution in [1.29, 1.82) is 0 Å². The van der Waals surface area contributed by atoms with Gasteiger partial charge in [0.2, 0.25) is 0 Å². The highest BCUT2D eigenvalue weighted by Gasteiger charge is 2.11. The molecule has 0 amide bonds. The number of ketones is 1. The minimum atomic E-state index is -2.94. The summed E-state index contributed by atoms with van der Waals surface area (Å²) in [5, 5.41) is 0. The molecule has 0 atom stereocenters. The highest BCUT2D eigenvalue weighted by atomic mass is 32.2. The van der Waals surface area contributed by atoms with Crippen LogP contribution in [0.4, 0.5) is 0 Å². The van der Waals surface area contributed by atoms with Gasteiger partial charge in [-0.2, -0.15) is 0 Å². The van der Waals surface area contributed by atoms with Gasteiger partial charge in [-0.25, -0.2) is 8.42 Å². The zero-order valence-electron chi connectivity index (χ0n) is 9.52. The topological polar surface area (TPSA) is 51.2 Å². The molecule has 1 aromatic rings. The largest absolute Gasteiger partial charge is 0.293 e. The first kappa shape index (κ1) is 13.4. The second kappa shape index (κ2) is 5.59. The van der Waals surface area contributed by atoms with Crippen LogP contribution in [0.15, 0.2) is 12.1 Å². The van der Waals surface area contributed by atoms with Gasteiger partial charge in [-0.05, 0) is 25.5 Å². The maximum absolute atomic E-state index is 11.6. The third-order valence-corrected chi connectivity index (χ3v) is 5.15. The van der Waals surface area contributed by atoms with E-state index in [1.165, 1.54) is 11.3 Å². The molecule has 3 nitrogen and oxygen atoms in total. The van der Waals surface area contributed by atoms with Crippen LogP contribution in [0.1, 0.15) is 34.3 Å². The normalized spacial score (nSPS) is 11.6. The summed E-state index contributed by atoms with van der Waals surface area (Å²) in [4.78, 5) is 13.5. The summed E-state index contributed by atoms with van der Waals surface area (Å²) in [5.74, 6) is 0.309. The molecule has 0 spiro atoms. The third-order valence-electron chi connectivity index (χ3n) is 2.31. The monoisotopic (exact) mass is 260 g/mol. The lowest BCUT2D eigenvalue weighted by Crippen LogP contribution is -2.10. The molecule has 0 saturated carbocycles. The summed E-state index contributed by atoms with van der Waals surface area (Å²) in [6.07, 6.45) is 0.741. The molecule has 0 aromatic carbocycles. The molecule has 16 heavy (non-hydrogen) atoms. The van der Waals surface area contributed by atoms with Gasteiger partial charge >= 0.3 is 0 Å². The number of hydrogen-bond donors (Lipinski definition) is 0. The van der Waals surface area contributed by atoms with Crippen molar-refractivity contribution < 1.29 is 13.2 Å². The van der Waals surface area contributed by atoms with Crippen LogP contribution >= 0.6 is 11.3 Å². The van der Waals surface area contributed by atoms with Crippen molar-refractivity contribution in [2.24, 2.45) is 0 Å². The molecule has 90 valence electrons. The molecule has 0 N–H and O–H groups in total. The predicted octanol–water partition coefficient (Wildman–Crippen LogP) is 2.45. The first-order valence-electron chi connectivity index (χ1n) is 5.24. The van der Waals surface area contributed by atoms with Gasteiger partial charge in [-0.3, -0.25) is 4.79 Å². The van der Waals surface area contributed by atoms with Crippen molar-refractivity contribution in [3.05, 3.63) is 21.9 Å². The third kappa shape index (κ3) is 4.06. The van der Waals surface area contributed by atoms with Gasteiger partial charge in [-0.1, -0.05) is 6.92 Å². The molecule has 0 saturated heterocycles. The average molecular weight is 260 g/mol. The van der Waals surface area contributed by atoms with E-state index in [-0.39, 0.29) is 17.3 Å². The van der Waals surface area contributed by atoms with Crippen LogP contribution in [0.3, 0.4) is 0 Å². The zero-order chi connectivity index (χ0) is 12.2. The lowest BCUT2D eigenvalue weighted by Gasteiger charge is -1.99. The molecule has 0 radical (unpaired) electrons. The Morgan fingerprint density at radius 3 is 2.56 bits per heavy atom. The predicted molar refractivity (Wildman–Crippen MR) is 66.9 cm³/mol. The van der Waals surface area contributed by atoms with Crippen molar-refractivity contribution >= 4 is 27.0 Å². The fraction of sp³-hybridized carbons (Fsp3) is 0.545. The van der Waals surface area contributed by atoms with Crippen molar-refractivity contribution in [1.82, 2.24) is 0 Å². The van der Waals surface area contributed by atoms with Crippen molar-refractivity contribution in [2.75, 3.05) is 11.5 Å². The Labute approximate surface area is 100 Å². The maximum Gasteiger partial charge on any atom is 0.172 e. The molecule has 1 heterocycles. The van der Waals surface area contributed by atoms with Crippen LogP contribution in [0, 0.1) is 6.92 Å². The van der Waals surface area contributed by atoms with Crippen molar-refractivity contribution in [3.8, 4) is 0 Å². The van der Waals surface area contributed by atoms with Crippen molar-refractivity contribution in [3.63, 3.8) is 0 Å². The van der Waals surface area contributed by atoms with Gasteiger partial charge in [0.1, 0.15) is 9.84 Å². The van der Waals surface area contributed by atoms with E-state index in [4.69, 9.17) is 0 Å². The minimum Gasteiger partial charge on any atom is -0.293 e. The Morgan fingerprint density at radius 2 is 2.06 bits per heavy atom. The molecule has 0 aliphatic heterocycles. The molecule has 0 aliphatic rings. The lowest BCUT2D eigenvalue weighted by molar-refractivity contribution is 0.0986. The highest BCUT2D eigenvalue weighted by molar-refractivity contribution is 7.91. The smallest absolute Gasteiger partial charge is 0.172 e. The van der Waals surface area contributed by atoms with E-state index >= 15 is 0 Å². The number of thiophene rings is 1. The van der Waals surface area contributed by atoms with Crippen LogP contribution in [0.25, 0.3) is 0 Å². The Morgan fingerprint density at radius 1 is 1.38 bits per heavy atom. The average Bonchev–Trinajstić information content (AvgIpc) is 2.64. The summed E-state index contributed by atoms with van der Waals surface area (Å²) in [6.45, 7) is 3.57. The van der Waals surface area contributed by atoms with Crippen LogP contribution in [-0.4, -0.2) is 25.7 Å². The van der Waals surface area contributed by atoms with Gasteiger partial charge in [0.25, 0.3) is 0 Å². The molecule has 0 unspecified atom stereocenters. The molecule has 0 bridgehead atoms. The molecular formula is C11H16O3S2. The van der Waals surface area contributed by atoms with Crippen LogP contribution in [0.2, 0.25) is 0 Å². The number of carbonyl (C=O) groups is 1. The number of sulfone groups is 1.